The monoisotopic (exact) mass is 300 g/mol. The van der Waals surface area contributed by atoms with Crippen LogP contribution in [0.3, 0.4) is 0 Å². The van der Waals surface area contributed by atoms with Crippen LogP contribution in [0.1, 0.15) is 5.82 Å². The summed E-state index contributed by atoms with van der Waals surface area (Å²) in [6.07, 6.45) is -4.57. The predicted molar refractivity (Wildman–Crippen MR) is 68.0 cm³/mol. The van der Waals surface area contributed by atoms with Crippen LogP contribution < -0.4 is 15.4 Å². The number of amides is 1. The normalized spacial score (nSPS) is 19.4. The van der Waals surface area contributed by atoms with Gasteiger partial charge in [0, 0.05) is 13.1 Å². The number of alkyl halides is 3. The van der Waals surface area contributed by atoms with Gasteiger partial charge in [-0.2, -0.15) is 13.2 Å². The first-order valence-corrected chi connectivity index (χ1v) is 6.04. The van der Waals surface area contributed by atoms with E-state index in [2.05, 4.69) is 9.97 Å². The second-order valence-corrected chi connectivity index (χ2v) is 4.74. The van der Waals surface area contributed by atoms with Crippen molar-refractivity contribution < 1.29 is 22.7 Å². The molecule has 0 saturated carbocycles. The molecule has 3 rings (SSSR count). The SMILES string of the molecule is CN1C(=O)[C@@H](N)COc2cc3nc(C(F)(F)F)[nH]c3cc21. The Morgan fingerprint density at radius 2 is 2.19 bits per heavy atom. The number of ether oxygens (including phenoxy) is 1. The molecular weight excluding hydrogens is 289 g/mol. The molecular formula is C12H11F3N4O2. The molecule has 6 nitrogen and oxygen atoms in total. The van der Waals surface area contributed by atoms with Gasteiger partial charge in [-0.25, -0.2) is 4.98 Å². The molecule has 112 valence electrons. The van der Waals surface area contributed by atoms with Gasteiger partial charge in [-0.3, -0.25) is 4.79 Å². The number of imidazole rings is 1. The molecule has 0 unspecified atom stereocenters. The highest BCUT2D eigenvalue weighted by atomic mass is 19.4. The van der Waals surface area contributed by atoms with Gasteiger partial charge < -0.3 is 20.4 Å². The summed E-state index contributed by atoms with van der Waals surface area (Å²) < 4.78 is 43.3. The largest absolute Gasteiger partial charge is 0.489 e. The van der Waals surface area contributed by atoms with Gasteiger partial charge in [0.1, 0.15) is 18.4 Å². The molecule has 1 aliphatic heterocycles. The molecule has 1 amide bonds. The average Bonchev–Trinajstić information content (AvgIpc) is 2.80. The molecule has 0 saturated heterocycles. The van der Waals surface area contributed by atoms with Crippen molar-refractivity contribution in [2.24, 2.45) is 5.73 Å². The van der Waals surface area contributed by atoms with Crippen molar-refractivity contribution in [2.75, 3.05) is 18.6 Å². The summed E-state index contributed by atoms with van der Waals surface area (Å²) in [5.74, 6) is -1.20. The molecule has 0 aliphatic carbocycles. The van der Waals surface area contributed by atoms with Crippen molar-refractivity contribution in [2.45, 2.75) is 12.2 Å². The van der Waals surface area contributed by atoms with E-state index in [4.69, 9.17) is 10.5 Å². The minimum Gasteiger partial charge on any atom is -0.489 e. The van der Waals surface area contributed by atoms with Gasteiger partial charge in [0.2, 0.25) is 11.7 Å². The zero-order valence-corrected chi connectivity index (χ0v) is 10.9. The third kappa shape index (κ3) is 2.19. The van der Waals surface area contributed by atoms with Crippen LogP contribution in [-0.2, 0) is 11.0 Å². The molecule has 3 N–H and O–H groups in total. The molecule has 2 heterocycles. The Morgan fingerprint density at radius 3 is 2.86 bits per heavy atom. The lowest BCUT2D eigenvalue weighted by atomic mass is 10.2. The maximum absolute atomic E-state index is 12.7. The Balaban J connectivity index is 2.15. The van der Waals surface area contributed by atoms with Crippen LogP contribution in [0.5, 0.6) is 5.75 Å². The van der Waals surface area contributed by atoms with E-state index in [9.17, 15) is 18.0 Å². The highest BCUT2D eigenvalue weighted by Gasteiger charge is 2.35. The van der Waals surface area contributed by atoms with Crippen molar-refractivity contribution in [3.8, 4) is 5.75 Å². The standard InChI is InChI=1S/C12H11F3N4O2/c1-19-8-2-6-7(18-11(17-6)12(13,14)15)3-9(8)21-4-5(16)10(19)20/h2-3,5H,4,16H2,1H3,(H,17,18)/t5-/m0/s1. The van der Waals surface area contributed by atoms with E-state index in [0.717, 1.165) is 0 Å². The summed E-state index contributed by atoms with van der Waals surface area (Å²) in [5.41, 5.74) is 6.26. The number of fused-ring (bicyclic) bond motifs is 2. The number of nitrogens with one attached hydrogen (secondary N) is 1. The Labute approximate surface area is 116 Å². The number of benzene rings is 1. The first kappa shape index (κ1) is 13.7. The summed E-state index contributed by atoms with van der Waals surface area (Å²) >= 11 is 0. The Bertz CT molecular complexity index is 725. The lowest BCUT2D eigenvalue weighted by Crippen LogP contribution is -2.43. The number of aromatic nitrogens is 2. The number of anilines is 1. The molecule has 0 fully saturated rings. The van der Waals surface area contributed by atoms with Gasteiger partial charge in [0.15, 0.2) is 0 Å². The van der Waals surface area contributed by atoms with Gasteiger partial charge in [-0.15, -0.1) is 0 Å². The Hall–Kier alpha value is -2.29. The minimum absolute atomic E-state index is 0.0434. The second-order valence-electron chi connectivity index (χ2n) is 4.74. The Morgan fingerprint density at radius 1 is 1.48 bits per heavy atom. The number of H-pyrrole nitrogens is 1. The molecule has 1 atom stereocenters. The van der Waals surface area contributed by atoms with E-state index < -0.39 is 18.0 Å². The van der Waals surface area contributed by atoms with Crippen molar-refractivity contribution in [1.29, 1.82) is 0 Å². The number of hydrogen-bond acceptors (Lipinski definition) is 4. The van der Waals surface area contributed by atoms with Crippen LogP contribution >= 0.6 is 0 Å². The fourth-order valence-corrected chi connectivity index (χ4v) is 2.16. The molecule has 2 aromatic rings. The lowest BCUT2D eigenvalue weighted by Gasteiger charge is -2.17. The summed E-state index contributed by atoms with van der Waals surface area (Å²) in [6.45, 7) is -0.0434. The number of carbonyl (C=O) groups is 1. The molecule has 0 bridgehead atoms. The maximum atomic E-state index is 12.7. The lowest BCUT2D eigenvalue weighted by molar-refractivity contribution is -0.144. The number of halogens is 3. The second kappa shape index (κ2) is 4.35. The van der Waals surface area contributed by atoms with Crippen LogP contribution in [-0.4, -0.2) is 35.6 Å². The van der Waals surface area contributed by atoms with Crippen LogP contribution in [0.4, 0.5) is 18.9 Å². The summed E-state index contributed by atoms with van der Waals surface area (Å²) in [6, 6.07) is 1.93. The average molecular weight is 300 g/mol. The van der Waals surface area contributed by atoms with Crippen LogP contribution in [0.25, 0.3) is 11.0 Å². The van der Waals surface area contributed by atoms with Crippen LogP contribution in [0, 0.1) is 0 Å². The molecule has 9 heteroatoms. The first-order chi connectivity index (χ1) is 9.77. The topological polar surface area (TPSA) is 84.2 Å². The number of likely N-dealkylation sites (N-methyl/N-ethyl adjacent to an activating group) is 1. The third-order valence-electron chi connectivity index (χ3n) is 3.26. The number of hydrogen-bond donors (Lipinski definition) is 2. The number of nitrogens with two attached hydrogens (primary N) is 1. The molecule has 0 radical (unpaired) electrons. The van der Waals surface area contributed by atoms with Gasteiger partial charge in [0.05, 0.1) is 16.7 Å². The van der Waals surface area contributed by atoms with Crippen molar-refractivity contribution in [3.63, 3.8) is 0 Å². The first-order valence-electron chi connectivity index (χ1n) is 6.04. The number of nitrogens with zero attached hydrogens (tertiary/aromatic N) is 2. The van der Waals surface area contributed by atoms with Crippen molar-refractivity contribution >= 4 is 22.6 Å². The van der Waals surface area contributed by atoms with Crippen LogP contribution in [0.15, 0.2) is 12.1 Å². The van der Waals surface area contributed by atoms with E-state index in [1.54, 1.807) is 0 Å². The molecule has 0 spiro atoms. The summed E-state index contributed by atoms with van der Waals surface area (Å²) in [5, 5.41) is 0. The number of aromatic amines is 1. The van der Waals surface area contributed by atoms with E-state index in [1.165, 1.54) is 24.1 Å². The number of rotatable bonds is 0. The maximum Gasteiger partial charge on any atom is 0.449 e. The predicted octanol–water partition coefficient (Wildman–Crippen LogP) is 1.26. The molecule has 21 heavy (non-hydrogen) atoms. The van der Waals surface area contributed by atoms with Crippen molar-refractivity contribution in [3.05, 3.63) is 18.0 Å². The highest BCUT2D eigenvalue weighted by molar-refractivity contribution is 6.00. The Kier molecular flexibility index (Phi) is 2.84. The zero-order chi connectivity index (χ0) is 15.4. The van der Waals surface area contributed by atoms with Gasteiger partial charge in [-0.05, 0) is 6.07 Å². The van der Waals surface area contributed by atoms with E-state index in [0.29, 0.717) is 5.69 Å². The van der Waals surface area contributed by atoms with Gasteiger partial charge in [0.25, 0.3) is 0 Å². The fraction of sp³-hybridized carbons (Fsp3) is 0.333. The zero-order valence-electron chi connectivity index (χ0n) is 10.9. The van der Waals surface area contributed by atoms with E-state index in [-0.39, 0.29) is 29.3 Å². The summed E-state index contributed by atoms with van der Waals surface area (Å²) in [7, 11) is 1.49. The van der Waals surface area contributed by atoms with Crippen LogP contribution in [0.2, 0.25) is 0 Å². The van der Waals surface area contributed by atoms with Crippen molar-refractivity contribution in [1.82, 2.24) is 9.97 Å². The summed E-state index contributed by atoms with van der Waals surface area (Å²) in [4.78, 5) is 18.9. The van der Waals surface area contributed by atoms with E-state index in [1.807, 2.05) is 0 Å². The number of carbonyl (C=O) groups excluding carboxylic acids is 1. The third-order valence-corrected chi connectivity index (χ3v) is 3.26. The molecule has 1 aromatic carbocycles. The fourth-order valence-electron chi connectivity index (χ4n) is 2.16. The molecule has 1 aliphatic rings. The highest BCUT2D eigenvalue weighted by Crippen LogP contribution is 2.36. The van der Waals surface area contributed by atoms with Gasteiger partial charge in [-0.1, -0.05) is 0 Å². The quantitative estimate of drug-likeness (QED) is 0.767. The minimum atomic E-state index is -4.57. The van der Waals surface area contributed by atoms with Gasteiger partial charge >= 0.3 is 6.18 Å². The van der Waals surface area contributed by atoms with E-state index >= 15 is 0 Å². The smallest absolute Gasteiger partial charge is 0.449 e. The molecule has 1 aromatic heterocycles.